The zero-order valence-electron chi connectivity index (χ0n) is 16.2. The van der Waals surface area contributed by atoms with Gasteiger partial charge in [-0.05, 0) is 23.3 Å². The van der Waals surface area contributed by atoms with Crippen LogP contribution in [0.4, 0.5) is 5.82 Å². The van der Waals surface area contributed by atoms with Gasteiger partial charge in [0, 0.05) is 22.6 Å². The van der Waals surface area contributed by atoms with Crippen LogP contribution in [0.5, 0.6) is 0 Å². The summed E-state index contributed by atoms with van der Waals surface area (Å²) in [4.78, 5) is 33.9. The Labute approximate surface area is 172 Å². The van der Waals surface area contributed by atoms with Crippen LogP contribution in [0.15, 0.2) is 77.1 Å². The summed E-state index contributed by atoms with van der Waals surface area (Å²) < 4.78 is 0. The van der Waals surface area contributed by atoms with E-state index in [4.69, 9.17) is 0 Å². The van der Waals surface area contributed by atoms with E-state index < -0.39 is 5.92 Å². The molecule has 1 atom stereocenters. The third-order valence-electron chi connectivity index (χ3n) is 5.99. The van der Waals surface area contributed by atoms with E-state index in [1.807, 2.05) is 66.7 Å². The average Bonchev–Trinajstić information content (AvgIpc) is 3.04. The van der Waals surface area contributed by atoms with Crippen LogP contribution in [-0.4, -0.2) is 15.8 Å². The molecular formula is C25H17N3O2. The lowest BCUT2D eigenvalue weighted by Crippen LogP contribution is -2.28. The second-order valence-corrected chi connectivity index (χ2v) is 7.71. The van der Waals surface area contributed by atoms with E-state index >= 15 is 0 Å². The molecule has 0 saturated heterocycles. The Morgan fingerprint density at radius 3 is 2.47 bits per heavy atom. The molecular weight excluding hydrogens is 374 g/mol. The van der Waals surface area contributed by atoms with E-state index in [1.54, 1.807) is 6.92 Å². The fraction of sp³-hybridized carbons (Fsp3) is 0.0800. The quantitative estimate of drug-likeness (QED) is 0.504. The van der Waals surface area contributed by atoms with Crippen molar-refractivity contribution in [2.24, 2.45) is 0 Å². The molecule has 1 unspecified atom stereocenters. The number of carbonyl (C=O) groups is 1. The normalized spacial score (nSPS) is 16.8. The molecule has 3 aromatic carbocycles. The molecule has 2 heterocycles. The summed E-state index contributed by atoms with van der Waals surface area (Å²) in [6.07, 6.45) is 0. The number of hydrogen-bond acceptors (Lipinski definition) is 4. The second kappa shape index (κ2) is 6.00. The molecule has 0 fully saturated rings. The van der Waals surface area contributed by atoms with Gasteiger partial charge in [0.25, 0.3) is 5.56 Å². The Hall–Kier alpha value is -3.99. The SMILES string of the molecule is Cc1nc(=O)c2c([nH]1)NC1=C(C(=O)c3ccccc31)C2c1cccc2ccccc12. The molecule has 1 aromatic heterocycles. The first-order chi connectivity index (χ1) is 14.6. The van der Waals surface area contributed by atoms with E-state index in [1.165, 1.54) is 0 Å². The number of ketones is 1. The van der Waals surface area contributed by atoms with Gasteiger partial charge >= 0.3 is 0 Å². The van der Waals surface area contributed by atoms with Crippen LogP contribution in [-0.2, 0) is 0 Å². The Balaban J connectivity index is 1.72. The molecule has 0 bridgehead atoms. The number of allylic oxidation sites excluding steroid dienone is 1. The highest BCUT2D eigenvalue weighted by Crippen LogP contribution is 2.48. The fourth-order valence-corrected chi connectivity index (χ4v) is 4.76. The Bertz CT molecular complexity index is 1470. The zero-order valence-corrected chi connectivity index (χ0v) is 16.2. The molecule has 0 radical (unpaired) electrons. The predicted molar refractivity (Wildman–Crippen MR) is 117 cm³/mol. The number of carbonyl (C=O) groups excluding carboxylic acids is 1. The standard InChI is InChI=1S/C25H17N3O2/c1-13-26-24-21(25(30)27-13)19(16-12-6-8-14-7-2-3-9-15(14)16)20-22(28-24)17-10-4-5-11-18(17)23(20)29/h2-12,19H,1H3,(H2,26,27,28,30). The van der Waals surface area contributed by atoms with Crippen LogP contribution in [0.3, 0.4) is 0 Å². The molecule has 6 rings (SSSR count). The molecule has 0 saturated carbocycles. The van der Waals surface area contributed by atoms with Crippen LogP contribution in [0.2, 0.25) is 0 Å². The number of anilines is 1. The number of rotatable bonds is 1. The van der Waals surface area contributed by atoms with Gasteiger partial charge in [-0.15, -0.1) is 0 Å². The van der Waals surface area contributed by atoms with Gasteiger partial charge < -0.3 is 10.3 Å². The zero-order chi connectivity index (χ0) is 20.4. The summed E-state index contributed by atoms with van der Waals surface area (Å²) in [5.41, 5.74) is 3.99. The van der Waals surface area contributed by atoms with Gasteiger partial charge in [0.2, 0.25) is 0 Å². The number of aromatic amines is 1. The largest absolute Gasteiger partial charge is 0.340 e. The predicted octanol–water partition coefficient (Wildman–Crippen LogP) is 4.40. The van der Waals surface area contributed by atoms with Crippen LogP contribution >= 0.6 is 0 Å². The van der Waals surface area contributed by atoms with Crippen molar-refractivity contribution in [2.75, 3.05) is 5.32 Å². The first-order valence-electron chi connectivity index (χ1n) is 9.87. The molecule has 0 amide bonds. The minimum absolute atomic E-state index is 0.0448. The number of nitrogens with zero attached hydrogens (tertiary/aromatic N) is 1. The van der Waals surface area contributed by atoms with Crippen molar-refractivity contribution in [2.45, 2.75) is 12.8 Å². The lowest BCUT2D eigenvalue weighted by Gasteiger charge is -2.28. The van der Waals surface area contributed by atoms with Crippen molar-refractivity contribution in [3.8, 4) is 0 Å². The van der Waals surface area contributed by atoms with Crippen molar-refractivity contribution in [3.63, 3.8) is 0 Å². The summed E-state index contributed by atoms with van der Waals surface area (Å²) in [5, 5.41) is 5.43. The number of H-pyrrole nitrogens is 1. The third kappa shape index (κ3) is 2.20. The minimum atomic E-state index is -0.501. The van der Waals surface area contributed by atoms with Crippen LogP contribution in [0, 0.1) is 6.92 Å². The van der Waals surface area contributed by atoms with Gasteiger partial charge in [-0.3, -0.25) is 9.59 Å². The highest BCUT2D eigenvalue weighted by Gasteiger charge is 2.42. The monoisotopic (exact) mass is 391 g/mol. The van der Waals surface area contributed by atoms with Gasteiger partial charge in [-0.2, -0.15) is 4.98 Å². The van der Waals surface area contributed by atoms with Gasteiger partial charge in [-0.1, -0.05) is 66.7 Å². The summed E-state index contributed by atoms with van der Waals surface area (Å²) >= 11 is 0. The maximum Gasteiger partial charge on any atom is 0.279 e. The minimum Gasteiger partial charge on any atom is -0.340 e. The van der Waals surface area contributed by atoms with Gasteiger partial charge in [0.1, 0.15) is 11.6 Å². The lowest BCUT2D eigenvalue weighted by atomic mass is 9.80. The van der Waals surface area contributed by atoms with Crippen molar-refractivity contribution in [3.05, 3.63) is 111 Å². The fourth-order valence-electron chi connectivity index (χ4n) is 4.76. The third-order valence-corrected chi connectivity index (χ3v) is 5.99. The van der Waals surface area contributed by atoms with E-state index in [-0.39, 0.29) is 11.3 Å². The summed E-state index contributed by atoms with van der Waals surface area (Å²) in [5.74, 6) is 0.592. The van der Waals surface area contributed by atoms with E-state index in [2.05, 4.69) is 15.3 Å². The Kier molecular flexibility index (Phi) is 3.39. The molecule has 5 heteroatoms. The van der Waals surface area contributed by atoms with Crippen LogP contribution < -0.4 is 10.9 Å². The summed E-state index contributed by atoms with van der Waals surface area (Å²) in [6.45, 7) is 1.76. The number of fused-ring (bicyclic) bond motifs is 4. The topological polar surface area (TPSA) is 74.8 Å². The Morgan fingerprint density at radius 1 is 0.867 bits per heavy atom. The number of nitrogens with one attached hydrogen (secondary N) is 2. The molecule has 30 heavy (non-hydrogen) atoms. The van der Waals surface area contributed by atoms with Crippen molar-refractivity contribution < 1.29 is 4.79 Å². The molecule has 2 aliphatic rings. The number of Topliss-reactive ketones (excluding diaryl/α,β-unsaturated/α-hetero) is 1. The Morgan fingerprint density at radius 2 is 1.60 bits per heavy atom. The first kappa shape index (κ1) is 16.9. The summed E-state index contributed by atoms with van der Waals surface area (Å²) in [7, 11) is 0. The van der Waals surface area contributed by atoms with Crippen molar-refractivity contribution in [1.82, 2.24) is 9.97 Å². The molecule has 5 nitrogen and oxygen atoms in total. The van der Waals surface area contributed by atoms with Gasteiger partial charge in [0.05, 0.1) is 11.3 Å². The number of aromatic nitrogens is 2. The molecule has 2 N–H and O–H groups in total. The van der Waals surface area contributed by atoms with Crippen molar-refractivity contribution >= 4 is 28.1 Å². The molecule has 1 aliphatic heterocycles. The van der Waals surface area contributed by atoms with Crippen LogP contribution in [0.25, 0.3) is 16.5 Å². The molecule has 0 spiro atoms. The van der Waals surface area contributed by atoms with Crippen molar-refractivity contribution in [1.29, 1.82) is 0 Å². The van der Waals surface area contributed by atoms with Gasteiger partial charge in [-0.25, -0.2) is 0 Å². The maximum atomic E-state index is 13.5. The number of hydrogen-bond donors (Lipinski definition) is 2. The highest BCUT2D eigenvalue weighted by atomic mass is 16.1. The summed E-state index contributed by atoms with van der Waals surface area (Å²) in [6, 6.07) is 21.6. The molecule has 144 valence electrons. The second-order valence-electron chi connectivity index (χ2n) is 7.71. The number of benzene rings is 3. The van der Waals surface area contributed by atoms with Gasteiger partial charge in [0.15, 0.2) is 5.78 Å². The number of aryl methyl sites for hydroxylation is 1. The van der Waals surface area contributed by atoms with E-state index in [9.17, 15) is 9.59 Å². The maximum absolute atomic E-state index is 13.5. The molecule has 1 aliphatic carbocycles. The average molecular weight is 391 g/mol. The molecule has 4 aromatic rings. The smallest absolute Gasteiger partial charge is 0.279 e. The lowest BCUT2D eigenvalue weighted by molar-refractivity contribution is 0.103. The van der Waals surface area contributed by atoms with Crippen LogP contribution in [0.1, 0.15) is 38.8 Å². The highest BCUT2D eigenvalue weighted by molar-refractivity contribution is 6.24. The van der Waals surface area contributed by atoms with E-state index in [0.717, 1.165) is 27.6 Å². The van der Waals surface area contributed by atoms with E-state index in [0.29, 0.717) is 28.3 Å². The first-order valence-corrected chi connectivity index (χ1v) is 9.87.